The van der Waals surface area contributed by atoms with Gasteiger partial charge in [0.1, 0.15) is 5.75 Å². The number of hydrogen-bond donors (Lipinski definition) is 2. The number of nitrogens with zero attached hydrogens (tertiary/aromatic N) is 2. The number of nitrogens with one attached hydrogen (secondary N) is 2. The fourth-order valence-electron chi connectivity index (χ4n) is 3.58. The number of anilines is 2. The molecule has 0 radical (unpaired) electrons. The van der Waals surface area contributed by atoms with Crippen LogP contribution in [0.25, 0.3) is 11.1 Å². The van der Waals surface area contributed by atoms with E-state index in [-0.39, 0.29) is 11.8 Å². The highest BCUT2D eigenvalue weighted by Gasteiger charge is 2.15. The number of methoxy groups -OCH3 is 1. The minimum Gasteiger partial charge on any atom is -0.495 e. The number of amides is 2. The molecule has 7 heteroatoms. The molecule has 7 nitrogen and oxygen atoms in total. The molecule has 4 rings (SSSR count). The molecule has 0 fully saturated rings. The predicted octanol–water partition coefficient (Wildman–Crippen LogP) is 4.82. The van der Waals surface area contributed by atoms with Gasteiger partial charge in [-0.1, -0.05) is 42.5 Å². The molecule has 0 saturated carbocycles. The van der Waals surface area contributed by atoms with E-state index in [2.05, 4.69) is 15.7 Å². The van der Waals surface area contributed by atoms with Crippen molar-refractivity contribution in [1.29, 1.82) is 0 Å². The summed E-state index contributed by atoms with van der Waals surface area (Å²) in [4.78, 5) is 24.6. The van der Waals surface area contributed by atoms with Crippen LogP contribution in [0.3, 0.4) is 0 Å². The summed E-state index contributed by atoms with van der Waals surface area (Å²) in [6.45, 7) is 2.11. The average Bonchev–Trinajstić information content (AvgIpc) is 3.32. The van der Waals surface area contributed by atoms with Crippen molar-refractivity contribution in [1.82, 2.24) is 9.78 Å². The molecule has 3 aromatic carbocycles. The molecule has 0 atom stereocenters. The molecule has 0 aliphatic rings. The predicted molar refractivity (Wildman–Crippen MR) is 128 cm³/mol. The molecule has 33 heavy (non-hydrogen) atoms. The van der Waals surface area contributed by atoms with Crippen molar-refractivity contribution >= 4 is 23.2 Å². The highest BCUT2D eigenvalue weighted by molar-refractivity contribution is 6.09. The average molecular weight is 441 g/mol. The van der Waals surface area contributed by atoms with Gasteiger partial charge in [0.25, 0.3) is 5.91 Å². The Labute approximate surface area is 192 Å². The second-order valence-corrected chi connectivity index (χ2v) is 7.50. The number of ether oxygens (including phenoxy) is 1. The number of hydrogen-bond acceptors (Lipinski definition) is 4. The van der Waals surface area contributed by atoms with Gasteiger partial charge >= 0.3 is 0 Å². The standard InChI is InChI=1S/C26H24N4O3/c1-18(31)28-21-12-13-25(33-2)24(16-21)29-26(32)23-7-4-3-6-22(23)20-10-8-19(9-11-20)17-30-15-5-14-27-30/h3-16H,17H2,1-2H3,(H,28,31)(H,29,32). The first kappa shape index (κ1) is 21.8. The van der Waals surface area contributed by atoms with Crippen molar-refractivity contribution in [2.75, 3.05) is 17.7 Å². The molecule has 2 N–H and O–H groups in total. The Hall–Kier alpha value is -4.39. The molecule has 0 unspecified atom stereocenters. The Kier molecular flexibility index (Phi) is 6.50. The largest absolute Gasteiger partial charge is 0.495 e. The normalized spacial score (nSPS) is 10.5. The third-order valence-electron chi connectivity index (χ3n) is 5.11. The quantitative estimate of drug-likeness (QED) is 0.432. The third-order valence-corrected chi connectivity index (χ3v) is 5.11. The summed E-state index contributed by atoms with van der Waals surface area (Å²) >= 11 is 0. The van der Waals surface area contributed by atoms with Gasteiger partial charge in [-0.3, -0.25) is 14.3 Å². The summed E-state index contributed by atoms with van der Waals surface area (Å²) in [7, 11) is 1.53. The van der Waals surface area contributed by atoms with Crippen LogP contribution in [-0.2, 0) is 11.3 Å². The maximum absolute atomic E-state index is 13.2. The van der Waals surface area contributed by atoms with Crippen molar-refractivity contribution in [3.05, 3.63) is 96.3 Å². The summed E-state index contributed by atoms with van der Waals surface area (Å²) in [6, 6.07) is 22.5. The number of benzene rings is 3. The smallest absolute Gasteiger partial charge is 0.256 e. The summed E-state index contributed by atoms with van der Waals surface area (Å²) in [6.07, 6.45) is 3.67. The lowest BCUT2D eigenvalue weighted by Crippen LogP contribution is -2.14. The number of carbonyl (C=O) groups is 2. The molecule has 1 aromatic heterocycles. The Bertz CT molecular complexity index is 1270. The fourth-order valence-corrected chi connectivity index (χ4v) is 3.58. The zero-order chi connectivity index (χ0) is 23.2. The third kappa shape index (κ3) is 5.27. The van der Waals surface area contributed by atoms with Crippen molar-refractivity contribution in [3.8, 4) is 16.9 Å². The van der Waals surface area contributed by atoms with Crippen LogP contribution < -0.4 is 15.4 Å². The van der Waals surface area contributed by atoms with E-state index in [0.717, 1.165) is 16.7 Å². The van der Waals surface area contributed by atoms with Crippen LogP contribution in [0.4, 0.5) is 11.4 Å². The monoisotopic (exact) mass is 440 g/mol. The summed E-state index contributed by atoms with van der Waals surface area (Å²) < 4.78 is 7.24. The van der Waals surface area contributed by atoms with E-state index in [1.807, 2.05) is 59.4 Å². The zero-order valence-corrected chi connectivity index (χ0v) is 18.4. The molecule has 166 valence electrons. The van der Waals surface area contributed by atoms with Crippen molar-refractivity contribution in [3.63, 3.8) is 0 Å². The molecule has 0 aliphatic heterocycles. The first-order valence-corrected chi connectivity index (χ1v) is 10.5. The Morgan fingerprint density at radius 3 is 2.45 bits per heavy atom. The first-order chi connectivity index (χ1) is 16.0. The van der Waals surface area contributed by atoms with Gasteiger partial charge in [0.15, 0.2) is 0 Å². The molecular formula is C26H24N4O3. The van der Waals surface area contributed by atoms with Crippen molar-refractivity contribution in [2.45, 2.75) is 13.5 Å². The molecule has 0 spiro atoms. The topological polar surface area (TPSA) is 85.3 Å². The van der Waals surface area contributed by atoms with E-state index >= 15 is 0 Å². The van der Waals surface area contributed by atoms with Crippen LogP contribution in [0.5, 0.6) is 5.75 Å². The Balaban J connectivity index is 1.58. The number of rotatable bonds is 7. The molecule has 1 heterocycles. The van der Waals surface area contributed by atoms with Crippen LogP contribution >= 0.6 is 0 Å². The number of carbonyl (C=O) groups excluding carboxylic acids is 2. The highest BCUT2D eigenvalue weighted by atomic mass is 16.5. The van der Waals surface area contributed by atoms with Gasteiger partial charge in [-0.15, -0.1) is 0 Å². The second kappa shape index (κ2) is 9.82. The maximum atomic E-state index is 13.2. The van der Waals surface area contributed by atoms with Crippen LogP contribution in [0.15, 0.2) is 85.2 Å². The zero-order valence-electron chi connectivity index (χ0n) is 18.4. The van der Waals surface area contributed by atoms with Gasteiger partial charge in [-0.05, 0) is 47.0 Å². The molecule has 4 aromatic rings. The van der Waals surface area contributed by atoms with Crippen LogP contribution in [0.1, 0.15) is 22.8 Å². The Morgan fingerprint density at radius 2 is 1.76 bits per heavy atom. The van der Waals surface area contributed by atoms with Gasteiger partial charge < -0.3 is 15.4 Å². The SMILES string of the molecule is COc1ccc(NC(C)=O)cc1NC(=O)c1ccccc1-c1ccc(Cn2cccn2)cc1. The number of aromatic nitrogens is 2. The summed E-state index contributed by atoms with van der Waals surface area (Å²) in [5, 5.41) is 9.87. The van der Waals surface area contributed by atoms with E-state index in [0.29, 0.717) is 29.2 Å². The van der Waals surface area contributed by atoms with Crippen molar-refractivity contribution < 1.29 is 14.3 Å². The van der Waals surface area contributed by atoms with Gasteiger partial charge in [0, 0.05) is 30.6 Å². The summed E-state index contributed by atoms with van der Waals surface area (Å²) in [5.74, 6) is 0.0289. The molecule has 0 bridgehead atoms. The molecule has 0 aliphatic carbocycles. The van der Waals surface area contributed by atoms with Gasteiger partial charge in [0.05, 0.1) is 19.3 Å². The van der Waals surface area contributed by atoms with Gasteiger partial charge in [-0.25, -0.2) is 0 Å². The summed E-state index contributed by atoms with van der Waals surface area (Å²) in [5.41, 5.74) is 4.44. The van der Waals surface area contributed by atoms with E-state index < -0.39 is 0 Å². The molecule has 0 saturated heterocycles. The lowest BCUT2D eigenvalue weighted by Gasteiger charge is -2.14. The second-order valence-electron chi connectivity index (χ2n) is 7.50. The maximum Gasteiger partial charge on any atom is 0.256 e. The van der Waals surface area contributed by atoms with Crippen LogP contribution in [-0.4, -0.2) is 28.7 Å². The van der Waals surface area contributed by atoms with E-state index in [1.165, 1.54) is 14.0 Å². The van der Waals surface area contributed by atoms with Crippen LogP contribution in [0.2, 0.25) is 0 Å². The van der Waals surface area contributed by atoms with E-state index in [9.17, 15) is 9.59 Å². The molecule has 2 amide bonds. The van der Waals surface area contributed by atoms with Gasteiger partial charge in [0.2, 0.25) is 5.91 Å². The lowest BCUT2D eigenvalue weighted by atomic mass is 9.98. The van der Waals surface area contributed by atoms with Crippen molar-refractivity contribution in [2.24, 2.45) is 0 Å². The Morgan fingerprint density at radius 1 is 0.970 bits per heavy atom. The highest BCUT2D eigenvalue weighted by Crippen LogP contribution is 2.30. The lowest BCUT2D eigenvalue weighted by molar-refractivity contribution is -0.114. The van der Waals surface area contributed by atoms with E-state index in [1.54, 1.807) is 30.5 Å². The van der Waals surface area contributed by atoms with Gasteiger partial charge in [-0.2, -0.15) is 5.10 Å². The van der Waals surface area contributed by atoms with Crippen LogP contribution in [0, 0.1) is 0 Å². The van der Waals surface area contributed by atoms with E-state index in [4.69, 9.17) is 4.74 Å². The first-order valence-electron chi connectivity index (χ1n) is 10.5. The molecular weight excluding hydrogens is 416 g/mol. The fraction of sp³-hybridized carbons (Fsp3) is 0.115. The minimum atomic E-state index is -0.274. The minimum absolute atomic E-state index is 0.196.